The highest BCUT2D eigenvalue weighted by molar-refractivity contribution is 7.99. The second kappa shape index (κ2) is 7.91. The molecule has 1 aromatic carbocycles. The Balaban J connectivity index is 1.64. The summed E-state index contributed by atoms with van der Waals surface area (Å²) in [5.74, 6) is 1.31. The van der Waals surface area contributed by atoms with Crippen molar-refractivity contribution < 1.29 is 19.0 Å². The molecule has 0 aliphatic rings. The zero-order valence-corrected chi connectivity index (χ0v) is 15.2. The topological polar surface area (TPSA) is 111 Å². The molecule has 2 aromatic heterocycles. The number of thioether (sulfide) groups is 1. The van der Waals surface area contributed by atoms with E-state index in [-0.39, 0.29) is 17.6 Å². The molecule has 10 heteroatoms. The zero-order valence-electron chi connectivity index (χ0n) is 14.4. The van der Waals surface area contributed by atoms with Crippen molar-refractivity contribution in [2.24, 2.45) is 0 Å². The lowest BCUT2D eigenvalue weighted by Crippen LogP contribution is -2.16. The maximum Gasteiger partial charge on any atom is 0.237 e. The number of fused-ring (bicyclic) bond motifs is 1. The molecule has 0 radical (unpaired) electrons. The molecule has 136 valence electrons. The Morgan fingerprint density at radius 2 is 1.81 bits per heavy atom. The number of carbonyl (C=O) groups is 1. The minimum absolute atomic E-state index is 0.112. The van der Waals surface area contributed by atoms with E-state index in [1.807, 2.05) is 18.2 Å². The largest absolute Gasteiger partial charge is 0.497 e. The predicted molar refractivity (Wildman–Crippen MR) is 97.1 cm³/mol. The monoisotopic (exact) mass is 375 g/mol. The van der Waals surface area contributed by atoms with Crippen LogP contribution >= 0.6 is 11.8 Å². The third-order valence-electron chi connectivity index (χ3n) is 3.36. The van der Waals surface area contributed by atoms with Gasteiger partial charge >= 0.3 is 0 Å². The molecule has 26 heavy (non-hydrogen) atoms. The molecule has 3 aromatic rings. The number of benzene rings is 1. The van der Waals surface area contributed by atoms with Gasteiger partial charge in [-0.3, -0.25) is 10.1 Å². The fraction of sp³-hybridized carbons (Fsp3) is 0.250. The number of nitrogens with zero attached hydrogens (tertiary/aromatic N) is 3. The highest BCUT2D eigenvalue weighted by Crippen LogP contribution is 2.23. The maximum atomic E-state index is 12.1. The molecule has 0 spiro atoms. The molecular weight excluding hydrogens is 358 g/mol. The number of hydrogen-bond acceptors (Lipinski definition) is 8. The van der Waals surface area contributed by atoms with Crippen LogP contribution in [-0.2, 0) is 4.79 Å². The van der Waals surface area contributed by atoms with E-state index >= 15 is 0 Å². The van der Waals surface area contributed by atoms with Crippen molar-refractivity contribution in [3.05, 3.63) is 24.3 Å². The average Bonchev–Trinajstić information content (AvgIpc) is 3.07. The molecule has 0 fully saturated rings. The fourth-order valence-corrected chi connectivity index (χ4v) is 2.81. The smallest absolute Gasteiger partial charge is 0.237 e. The number of methoxy groups -OCH3 is 3. The number of rotatable bonds is 7. The van der Waals surface area contributed by atoms with Crippen molar-refractivity contribution in [2.75, 3.05) is 32.4 Å². The summed E-state index contributed by atoms with van der Waals surface area (Å²) in [6.45, 7) is 0. The molecule has 1 amide bonds. The van der Waals surface area contributed by atoms with Crippen molar-refractivity contribution in [1.29, 1.82) is 0 Å². The highest BCUT2D eigenvalue weighted by Gasteiger charge is 2.11. The van der Waals surface area contributed by atoms with Gasteiger partial charge in [-0.15, -0.1) is 0 Å². The van der Waals surface area contributed by atoms with E-state index in [0.717, 1.165) is 16.8 Å². The lowest BCUT2D eigenvalue weighted by Gasteiger charge is -2.07. The molecule has 2 heterocycles. The van der Waals surface area contributed by atoms with E-state index in [2.05, 4.69) is 25.3 Å². The molecule has 0 aliphatic heterocycles. The first-order valence-corrected chi connectivity index (χ1v) is 8.53. The summed E-state index contributed by atoms with van der Waals surface area (Å²) in [7, 11) is 4.55. The minimum Gasteiger partial charge on any atom is -0.497 e. The standard InChI is InChI=1S/C16H17N5O4S/c1-23-9-4-5-10-11(6-9)18-16(17-10)26-8-12(22)19-15-20-13(24-2)7-14(21-15)25-3/h4-7H,8H2,1-3H3,(H,17,18)(H,19,20,21,22). The van der Waals surface area contributed by atoms with Gasteiger partial charge in [0.1, 0.15) is 5.75 Å². The van der Waals surface area contributed by atoms with Gasteiger partial charge in [-0.25, -0.2) is 4.98 Å². The van der Waals surface area contributed by atoms with Gasteiger partial charge in [-0.1, -0.05) is 11.8 Å². The highest BCUT2D eigenvalue weighted by atomic mass is 32.2. The van der Waals surface area contributed by atoms with Crippen LogP contribution in [0.2, 0.25) is 0 Å². The van der Waals surface area contributed by atoms with Gasteiger partial charge in [-0.05, 0) is 12.1 Å². The lowest BCUT2D eigenvalue weighted by molar-refractivity contribution is -0.113. The SMILES string of the molecule is COc1ccc2nc(SCC(=O)Nc3nc(OC)cc(OC)n3)[nH]c2c1. The number of hydrogen-bond donors (Lipinski definition) is 2. The van der Waals surface area contributed by atoms with Gasteiger partial charge in [0.05, 0.1) is 44.2 Å². The molecule has 0 unspecified atom stereocenters. The molecule has 0 saturated heterocycles. The van der Waals surface area contributed by atoms with Crippen molar-refractivity contribution in [3.63, 3.8) is 0 Å². The minimum atomic E-state index is -0.275. The molecule has 9 nitrogen and oxygen atoms in total. The molecule has 0 aliphatic carbocycles. The third-order valence-corrected chi connectivity index (χ3v) is 4.23. The normalized spacial score (nSPS) is 10.6. The number of H-pyrrole nitrogens is 1. The van der Waals surface area contributed by atoms with Gasteiger partial charge in [0.25, 0.3) is 0 Å². The van der Waals surface area contributed by atoms with Gasteiger partial charge in [0, 0.05) is 6.07 Å². The number of aromatic amines is 1. The molecule has 3 rings (SSSR count). The van der Waals surface area contributed by atoms with Crippen LogP contribution in [0.25, 0.3) is 11.0 Å². The summed E-state index contributed by atoms with van der Waals surface area (Å²) in [6, 6.07) is 7.05. The van der Waals surface area contributed by atoms with Gasteiger partial charge in [0.2, 0.25) is 23.6 Å². The van der Waals surface area contributed by atoms with Crippen LogP contribution in [0.1, 0.15) is 0 Å². The van der Waals surface area contributed by atoms with E-state index in [1.165, 1.54) is 32.0 Å². The van der Waals surface area contributed by atoms with Crippen molar-refractivity contribution >= 4 is 34.7 Å². The number of imidazole rings is 1. The number of aromatic nitrogens is 4. The summed E-state index contributed by atoms with van der Waals surface area (Å²) < 4.78 is 15.3. The number of anilines is 1. The van der Waals surface area contributed by atoms with Crippen LogP contribution in [-0.4, -0.2) is 52.9 Å². The number of ether oxygens (including phenoxy) is 3. The summed E-state index contributed by atoms with van der Waals surface area (Å²) in [5.41, 5.74) is 1.64. The van der Waals surface area contributed by atoms with Gasteiger partial charge < -0.3 is 19.2 Å². The Kier molecular flexibility index (Phi) is 5.42. The first kappa shape index (κ1) is 17.8. The van der Waals surface area contributed by atoms with Crippen molar-refractivity contribution in [1.82, 2.24) is 19.9 Å². The average molecular weight is 375 g/mol. The van der Waals surface area contributed by atoms with E-state index in [0.29, 0.717) is 16.9 Å². The summed E-state index contributed by atoms with van der Waals surface area (Å²) >= 11 is 1.27. The maximum absolute atomic E-state index is 12.1. The van der Waals surface area contributed by atoms with Crippen LogP contribution in [0.3, 0.4) is 0 Å². The van der Waals surface area contributed by atoms with Crippen molar-refractivity contribution in [2.45, 2.75) is 5.16 Å². The number of nitrogens with one attached hydrogen (secondary N) is 2. The molecule has 0 atom stereocenters. The third kappa shape index (κ3) is 4.14. The first-order chi connectivity index (χ1) is 12.6. The van der Waals surface area contributed by atoms with Gasteiger partial charge in [0.15, 0.2) is 5.16 Å². The first-order valence-electron chi connectivity index (χ1n) is 7.54. The van der Waals surface area contributed by atoms with Crippen LogP contribution in [0, 0.1) is 0 Å². The Morgan fingerprint density at radius 3 is 2.46 bits per heavy atom. The Labute approximate surface area is 153 Å². The van der Waals surface area contributed by atoms with E-state index in [9.17, 15) is 4.79 Å². The molecule has 2 N–H and O–H groups in total. The van der Waals surface area contributed by atoms with E-state index in [1.54, 1.807) is 7.11 Å². The summed E-state index contributed by atoms with van der Waals surface area (Å²) in [6.07, 6.45) is 0. The molecule has 0 bridgehead atoms. The fourth-order valence-electron chi connectivity index (χ4n) is 2.12. The van der Waals surface area contributed by atoms with Crippen LogP contribution in [0.5, 0.6) is 17.5 Å². The van der Waals surface area contributed by atoms with Crippen molar-refractivity contribution in [3.8, 4) is 17.5 Å². The summed E-state index contributed by atoms with van der Waals surface area (Å²) in [4.78, 5) is 27.8. The van der Waals surface area contributed by atoms with E-state index in [4.69, 9.17) is 14.2 Å². The molecule has 0 saturated carbocycles. The Bertz CT molecular complexity index is 908. The Morgan fingerprint density at radius 1 is 1.08 bits per heavy atom. The number of amides is 1. The van der Waals surface area contributed by atoms with Crippen LogP contribution < -0.4 is 19.5 Å². The quantitative estimate of drug-likeness (QED) is 0.604. The Hall–Kier alpha value is -3.01. The van der Waals surface area contributed by atoms with Crippen LogP contribution in [0.4, 0.5) is 5.95 Å². The second-order valence-corrected chi connectivity index (χ2v) is 6.00. The number of carbonyl (C=O) groups excluding carboxylic acids is 1. The van der Waals surface area contributed by atoms with Gasteiger partial charge in [-0.2, -0.15) is 9.97 Å². The lowest BCUT2D eigenvalue weighted by atomic mass is 10.3. The second-order valence-electron chi connectivity index (χ2n) is 5.04. The van der Waals surface area contributed by atoms with Crippen LogP contribution in [0.15, 0.2) is 29.4 Å². The summed E-state index contributed by atoms with van der Waals surface area (Å²) in [5, 5.41) is 3.24. The predicted octanol–water partition coefficient (Wildman–Crippen LogP) is 2.11. The zero-order chi connectivity index (χ0) is 18.5. The van der Waals surface area contributed by atoms with E-state index < -0.39 is 0 Å². The molecular formula is C16H17N5O4S.